The van der Waals surface area contributed by atoms with Gasteiger partial charge in [-0.2, -0.15) is 0 Å². The Morgan fingerprint density at radius 1 is 0.810 bits per heavy atom. The molecule has 2 heteroatoms. The van der Waals surface area contributed by atoms with Crippen molar-refractivity contribution in [3.05, 3.63) is 0 Å². The molecule has 2 N–H and O–H groups in total. The Balaban J connectivity index is 1.69. The Bertz CT molecular complexity index is 422. The maximum Gasteiger partial charge on any atom is 0.0596 e. The Kier molecular flexibility index (Phi) is 3.25. The zero-order valence-electron chi connectivity index (χ0n) is 13.7. The second-order valence-corrected chi connectivity index (χ2v) is 9.18. The first-order chi connectivity index (χ1) is 9.97. The van der Waals surface area contributed by atoms with E-state index in [1.807, 2.05) is 0 Å². The van der Waals surface area contributed by atoms with Gasteiger partial charge < -0.3 is 10.2 Å². The first-order valence-corrected chi connectivity index (χ1v) is 9.33. The molecule has 4 saturated carbocycles. The van der Waals surface area contributed by atoms with Crippen LogP contribution in [0.1, 0.15) is 71.6 Å². The third-order valence-corrected chi connectivity index (χ3v) is 8.55. The van der Waals surface area contributed by atoms with Gasteiger partial charge in [-0.25, -0.2) is 0 Å². The Morgan fingerprint density at radius 3 is 2.38 bits per heavy atom. The van der Waals surface area contributed by atoms with Gasteiger partial charge in [0.15, 0.2) is 0 Å². The highest BCUT2D eigenvalue weighted by Gasteiger charge is 2.61. The van der Waals surface area contributed by atoms with Crippen molar-refractivity contribution < 1.29 is 10.2 Å². The fraction of sp³-hybridized carbons (Fsp3) is 1.00. The second-order valence-electron chi connectivity index (χ2n) is 9.18. The molecule has 4 rings (SSSR count). The molecule has 0 aromatic heterocycles. The van der Waals surface area contributed by atoms with Gasteiger partial charge in [-0.3, -0.25) is 0 Å². The summed E-state index contributed by atoms with van der Waals surface area (Å²) in [5.74, 6) is 2.47. The molecule has 8 atom stereocenters. The van der Waals surface area contributed by atoms with Gasteiger partial charge in [-0.1, -0.05) is 26.7 Å². The minimum absolute atomic E-state index is 0.0833. The first kappa shape index (κ1) is 14.5. The van der Waals surface area contributed by atoms with E-state index < -0.39 is 0 Å². The van der Waals surface area contributed by atoms with E-state index in [1.54, 1.807) is 0 Å². The molecule has 4 aliphatic carbocycles. The van der Waals surface area contributed by atoms with Crippen LogP contribution in [0, 0.1) is 34.5 Å². The minimum Gasteiger partial charge on any atom is -0.393 e. The molecule has 0 spiro atoms. The molecule has 4 fully saturated rings. The van der Waals surface area contributed by atoms with E-state index in [-0.39, 0.29) is 17.6 Å². The van der Waals surface area contributed by atoms with Crippen LogP contribution in [0.2, 0.25) is 0 Å². The van der Waals surface area contributed by atoms with Crippen molar-refractivity contribution in [2.45, 2.75) is 83.8 Å². The lowest BCUT2D eigenvalue weighted by Crippen LogP contribution is -2.58. The van der Waals surface area contributed by atoms with Crippen LogP contribution in [0.3, 0.4) is 0 Å². The fourth-order valence-corrected chi connectivity index (χ4v) is 7.23. The predicted molar refractivity (Wildman–Crippen MR) is 83.7 cm³/mol. The van der Waals surface area contributed by atoms with Crippen LogP contribution in [0.4, 0.5) is 0 Å². The molecule has 0 bridgehead atoms. The lowest BCUT2D eigenvalue weighted by atomic mass is 9.44. The maximum absolute atomic E-state index is 10.9. The standard InChI is InChI=1S/C19H32O2/c1-18-9-4-3-5-12(18)11-15(20)17-13-6-7-16(21)19(13,2)10-8-14(17)18/h12-17,20-21H,3-11H2,1-2H3/t12-,13?,14?,15?,16+,17?,18+,19+/m1/s1. The van der Waals surface area contributed by atoms with Crippen LogP contribution < -0.4 is 0 Å². The van der Waals surface area contributed by atoms with E-state index in [2.05, 4.69) is 13.8 Å². The van der Waals surface area contributed by atoms with Crippen molar-refractivity contribution >= 4 is 0 Å². The number of hydrogen-bond donors (Lipinski definition) is 2. The second kappa shape index (κ2) is 4.71. The van der Waals surface area contributed by atoms with Gasteiger partial charge in [0.1, 0.15) is 0 Å². The van der Waals surface area contributed by atoms with Crippen LogP contribution in [0.25, 0.3) is 0 Å². The van der Waals surface area contributed by atoms with Gasteiger partial charge in [0.25, 0.3) is 0 Å². The van der Waals surface area contributed by atoms with E-state index in [0.717, 1.165) is 25.2 Å². The topological polar surface area (TPSA) is 40.5 Å². The smallest absolute Gasteiger partial charge is 0.0596 e. The highest BCUT2D eigenvalue weighted by atomic mass is 16.3. The summed E-state index contributed by atoms with van der Waals surface area (Å²) in [6.45, 7) is 4.84. The molecule has 0 radical (unpaired) electrons. The quantitative estimate of drug-likeness (QED) is 0.714. The third-order valence-electron chi connectivity index (χ3n) is 8.55. The molecular formula is C19H32O2. The average Bonchev–Trinajstić information content (AvgIpc) is 2.76. The van der Waals surface area contributed by atoms with Crippen LogP contribution in [0.15, 0.2) is 0 Å². The lowest BCUT2D eigenvalue weighted by molar-refractivity contribution is -0.167. The van der Waals surface area contributed by atoms with Gasteiger partial charge >= 0.3 is 0 Å². The zero-order valence-corrected chi connectivity index (χ0v) is 13.7. The van der Waals surface area contributed by atoms with Crippen LogP contribution in [-0.2, 0) is 0 Å². The van der Waals surface area contributed by atoms with Crippen molar-refractivity contribution in [2.24, 2.45) is 34.5 Å². The summed E-state index contributed by atoms with van der Waals surface area (Å²) in [6.07, 6.45) is 10.7. The SMILES string of the molecule is C[C@]12CCC3C(C(O)C[C@H]4CCCC[C@]34C)C1CC[C@@H]2O. The molecule has 4 unspecified atom stereocenters. The van der Waals surface area contributed by atoms with E-state index >= 15 is 0 Å². The largest absolute Gasteiger partial charge is 0.393 e. The van der Waals surface area contributed by atoms with Gasteiger partial charge in [-0.05, 0) is 79.4 Å². The molecular weight excluding hydrogens is 260 g/mol. The number of aliphatic hydroxyl groups excluding tert-OH is 2. The number of aliphatic hydroxyl groups is 2. The van der Waals surface area contributed by atoms with E-state index in [4.69, 9.17) is 0 Å². The van der Waals surface area contributed by atoms with Gasteiger partial charge in [-0.15, -0.1) is 0 Å². The van der Waals surface area contributed by atoms with E-state index in [9.17, 15) is 10.2 Å². The lowest BCUT2D eigenvalue weighted by Gasteiger charge is -2.61. The highest BCUT2D eigenvalue weighted by molar-refractivity contribution is 5.11. The zero-order chi connectivity index (χ0) is 14.8. The summed E-state index contributed by atoms with van der Waals surface area (Å²) in [5.41, 5.74) is 0.553. The maximum atomic E-state index is 10.9. The highest BCUT2D eigenvalue weighted by Crippen LogP contribution is 2.66. The predicted octanol–water partition coefficient (Wildman–Crippen LogP) is 3.75. The van der Waals surface area contributed by atoms with Crippen molar-refractivity contribution in [1.29, 1.82) is 0 Å². The molecule has 0 amide bonds. The molecule has 0 aromatic rings. The summed E-state index contributed by atoms with van der Waals surface area (Å²) < 4.78 is 0. The van der Waals surface area contributed by atoms with Crippen LogP contribution in [-0.4, -0.2) is 22.4 Å². The minimum atomic E-state index is -0.132. The van der Waals surface area contributed by atoms with E-state index in [0.29, 0.717) is 23.2 Å². The molecule has 0 aromatic carbocycles. The van der Waals surface area contributed by atoms with Crippen LogP contribution >= 0.6 is 0 Å². The van der Waals surface area contributed by atoms with Gasteiger partial charge in [0.05, 0.1) is 12.2 Å². The van der Waals surface area contributed by atoms with Crippen molar-refractivity contribution in [3.63, 3.8) is 0 Å². The molecule has 0 aliphatic heterocycles. The molecule has 120 valence electrons. The molecule has 0 heterocycles. The van der Waals surface area contributed by atoms with Gasteiger partial charge in [0, 0.05) is 0 Å². The number of rotatable bonds is 0. The summed E-state index contributed by atoms with van der Waals surface area (Å²) in [6, 6.07) is 0. The Labute approximate surface area is 129 Å². The molecule has 0 saturated heterocycles. The summed E-state index contributed by atoms with van der Waals surface area (Å²) in [4.78, 5) is 0. The fourth-order valence-electron chi connectivity index (χ4n) is 7.23. The van der Waals surface area contributed by atoms with E-state index in [1.165, 1.54) is 38.5 Å². The Hall–Kier alpha value is -0.0800. The summed E-state index contributed by atoms with van der Waals surface area (Å²) in [7, 11) is 0. The van der Waals surface area contributed by atoms with Gasteiger partial charge in [0.2, 0.25) is 0 Å². The van der Waals surface area contributed by atoms with Crippen molar-refractivity contribution in [1.82, 2.24) is 0 Å². The van der Waals surface area contributed by atoms with Crippen molar-refractivity contribution in [3.8, 4) is 0 Å². The monoisotopic (exact) mass is 292 g/mol. The first-order valence-electron chi connectivity index (χ1n) is 9.33. The molecule has 2 nitrogen and oxygen atoms in total. The van der Waals surface area contributed by atoms with Crippen LogP contribution in [0.5, 0.6) is 0 Å². The molecule has 4 aliphatic rings. The Morgan fingerprint density at radius 2 is 1.57 bits per heavy atom. The average molecular weight is 292 g/mol. The van der Waals surface area contributed by atoms with Crippen molar-refractivity contribution in [2.75, 3.05) is 0 Å². The normalized spacial score (nSPS) is 60.0. The number of hydrogen-bond acceptors (Lipinski definition) is 2. The third kappa shape index (κ3) is 1.84. The molecule has 21 heavy (non-hydrogen) atoms. The number of fused-ring (bicyclic) bond motifs is 5. The summed E-state index contributed by atoms with van der Waals surface area (Å²) in [5, 5.41) is 21.4. The summed E-state index contributed by atoms with van der Waals surface area (Å²) >= 11 is 0.